The molecule has 0 aliphatic heterocycles. The number of amides is 1. The van der Waals surface area contributed by atoms with Crippen LogP contribution in [0, 0.1) is 0 Å². The second-order valence-corrected chi connectivity index (χ2v) is 6.17. The lowest BCUT2D eigenvalue weighted by Crippen LogP contribution is -2.27. The van der Waals surface area contributed by atoms with Crippen molar-refractivity contribution in [3.05, 3.63) is 32.7 Å². The van der Waals surface area contributed by atoms with Gasteiger partial charge >= 0.3 is 0 Å². The third-order valence-corrected chi connectivity index (χ3v) is 5.09. The first-order chi connectivity index (χ1) is 10.0. The first-order valence-electron chi connectivity index (χ1n) is 6.65. The minimum atomic E-state index is -0.0765. The number of rotatable bonds is 6. The molecule has 0 spiro atoms. The SMILES string of the molecule is CCn1c(C(=O)NCCCc2cnc(N)[nH]2)cc(Br)c1Br.Cl. The number of carbonyl (C=O) groups is 1. The molecule has 0 aliphatic carbocycles. The fourth-order valence-electron chi connectivity index (χ4n) is 2.06. The number of nitrogen functional groups attached to an aromatic ring is 1. The van der Waals surface area contributed by atoms with E-state index in [9.17, 15) is 4.79 Å². The molecule has 2 heterocycles. The van der Waals surface area contributed by atoms with Gasteiger partial charge in [-0.1, -0.05) is 0 Å². The Labute approximate surface area is 151 Å². The normalized spacial score (nSPS) is 10.3. The Bertz CT molecular complexity index is 640. The summed E-state index contributed by atoms with van der Waals surface area (Å²) in [6, 6.07) is 1.82. The van der Waals surface area contributed by atoms with Gasteiger partial charge in [-0.3, -0.25) is 4.79 Å². The lowest BCUT2D eigenvalue weighted by molar-refractivity contribution is 0.0944. The fourth-order valence-corrected chi connectivity index (χ4v) is 3.05. The first kappa shape index (κ1) is 19.1. The van der Waals surface area contributed by atoms with Crippen molar-refractivity contribution in [2.75, 3.05) is 12.3 Å². The van der Waals surface area contributed by atoms with Crippen molar-refractivity contribution in [1.82, 2.24) is 19.9 Å². The summed E-state index contributed by atoms with van der Waals surface area (Å²) in [7, 11) is 0. The van der Waals surface area contributed by atoms with E-state index in [1.807, 2.05) is 17.6 Å². The maximum Gasteiger partial charge on any atom is 0.267 e. The number of imidazole rings is 1. The molecule has 122 valence electrons. The molecule has 0 bridgehead atoms. The van der Waals surface area contributed by atoms with Gasteiger partial charge in [0.25, 0.3) is 5.91 Å². The molecule has 0 aliphatic rings. The van der Waals surface area contributed by atoms with E-state index in [2.05, 4.69) is 47.1 Å². The summed E-state index contributed by atoms with van der Waals surface area (Å²) in [6.45, 7) is 3.32. The smallest absolute Gasteiger partial charge is 0.267 e. The van der Waals surface area contributed by atoms with Crippen molar-refractivity contribution in [3.63, 3.8) is 0 Å². The van der Waals surface area contributed by atoms with Gasteiger partial charge < -0.3 is 20.6 Å². The minimum Gasteiger partial charge on any atom is -0.369 e. The number of aromatic amines is 1. The Morgan fingerprint density at radius 3 is 2.82 bits per heavy atom. The van der Waals surface area contributed by atoms with Crippen LogP contribution in [0.15, 0.2) is 21.3 Å². The molecule has 2 aromatic heterocycles. The van der Waals surface area contributed by atoms with Crippen molar-refractivity contribution in [3.8, 4) is 0 Å². The Morgan fingerprint density at radius 1 is 1.50 bits per heavy atom. The Balaban J connectivity index is 0.00000242. The molecule has 6 nitrogen and oxygen atoms in total. The highest BCUT2D eigenvalue weighted by Gasteiger charge is 2.16. The van der Waals surface area contributed by atoms with Crippen LogP contribution in [-0.4, -0.2) is 27.0 Å². The summed E-state index contributed by atoms with van der Waals surface area (Å²) in [5, 5.41) is 2.92. The standard InChI is InChI=1S/C13H17Br2N5O.ClH/c1-2-20-10(6-9(14)11(20)15)12(21)17-5-3-4-8-7-18-13(16)19-8;/h6-7H,2-5H2,1H3,(H,17,21)(H3,16,18,19);1H. The second-order valence-electron chi connectivity index (χ2n) is 4.57. The number of nitrogens with two attached hydrogens (primary N) is 1. The van der Waals surface area contributed by atoms with Crippen molar-refractivity contribution >= 4 is 56.1 Å². The molecule has 0 saturated heterocycles. The van der Waals surface area contributed by atoms with Crippen LogP contribution in [0.3, 0.4) is 0 Å². The van der Waals surface area contributed by atoms with Gasteiger partial charge in [0.15, 0.2) is 5.95 Å². The first-order valence-corrected chi connectivity index (χ1v) is 8.23. The van der Waals surface area contributed by atoms with Gasteiger partial charge in [0.2, 0.25) is 0 Å². The molecule has 4 N–H and O–H groups in total. The van der Waals surface area contributed by atoms with Crippen LogP contribution in [0.4, 0.5) is 5.95 Å². The summed E-state index contributed by atoms with van der Waals surface area (Å²) in [5.41, 5.74) is 7.12. The van der Waals surface area contributed by atoms with E-state index in [-0.39, 0.29) is 18.3 Å². The number of nitrogens with one attached hydrogen (secondary N) is 2. The summed E-state index contributed by atoms with van der Waals surface area (Å²) < 4.78 is 3.67. The molecule has 22 heavy (non-hydrogen) atoms. The van der Waals surface area contributed by atoms with E-state index in [0.717, 1.165) is 34.2 Å². The molecule has 0 aromatic carbocycles. The topological polar surface area (TPSA) is 88.7 Å². The largest absolute Gasteiger partial charge is 0.369 e. The van der Waals surface area contributed by atoms with Gasteiger partial charge in [-0.2, -0.15) is 0 Å². The number of hydrogen-bond donors (Lipinski definition) is 3. The lowest BCUT2D eigenvalue weighted by Gasteiger charge is -2.08. The average Bonchev–Trinajstić information content (AvgIpc) is 2.99. The number of halogens is 3. The Kier molecular flexibility index (Phi) is 7.44. The van der Waals surface area contributed by atoms with Crippen molar-refractivity contribution < 1.29 is 4.79 Å². The highest BCUT2D eigenvalue weighted by Crippen LogP contribution is 2.27. The van der Waals surface area contributed by atoms with Gasteiger partial charge in [-0.05, 0) is 57.7 Å². The van der Waals surface area contributed by atoms with Gasteiger partial charge in [0, 0.05) is 18.8 Å². The fraction of sp³-hybridized carbons (Fsp3) is 0.385. The quantitative estimate of drug-likeness (QED) is 0.585. The van der Waals surface area contributed by atoms with E-state index in [0.29, 0.717) is 18.2 Å². The van der Waals surface area contributed by atoms with Gasteiger partial charge in [0.1, 0.15) is 5.69 Å². The van der Waals surface area contributed by atoms with Crippen LogP contribution >= 0.6 is 44.3 Å². The zero-order chi connectivity index (χ0) is 15.4. The molecular formula is C13H18Br2ClN5O. The number of anilines is 1. The zero-order valence-corrected chi connectivity index (χ0v) is 16.0. The molecule has 2 aromatic rings. The van der Waals surface area contributed by atoms with Gasteiger partial charge in [-0.15, -0.1) is 12.4 Å². The third kappa shape index (κ3) is 4.50. The van der Waals surface area contributed by atoms with Crippen LogP contribution < -0.4 is 11.1 Å². The van der Waals surface area contributed by atoms with Crippen molar-refractivity contribution in [1.29, 1.82) is 0 Å². The molecule has 9 heteroatoms. The van der Waals surface area contributed by atoms with E-state index < -0.39 is 0 Å². The van der Waals surface area contributed by atoms with E-state index in [1.165, 1.54) is 0 Å². The Morgan fingerprint density at radius 2 is 2.23 bits per heavy atom. The van der Waals surface area contributed by atoms with E-state index >= 15 is 0 Å². The number of H-pyrrole nitrogens is 1. The van der Waals surface area contributed by atoms with Crippen molar-refractivity contribution in [2.45, 2.75) is 26.3 Å². The third-order valence-electron chi connectivity index (χ3n) is 3.09. The summed E-state index contributed by atoms with van der Waals surface area (Å²) in [5.74, 6) is 0.344. The molecule has 0 fully saturated rings. The predicted molar refractivity (Wildman–Crippen MR) is 96.4 cm³/mol. The molecule has 0 atom stereocenters. The molecule has 2 rings (SSSR count). The molecule has 0 saturated carbocycles. The predicted octanol–water partition coefficient (Wildman–Crippen LogP) is 3.12. The summed E-state index contributed by atoms with van der Waals surface area (Å²) >= 11 is 6.88. The molecule has 0 unspecified atom stereocenters. The Hall–Kier alpha value is -0.990. The molecule has 1 amide bonds. The maximum absolute atomic E-state index is 12.2. The molecule has 0 radical (unpaired) electrons. The molecular weight excluding hydrogens is 437 g/mol. The lowest BCUT2D eigenvalue weighted by atomic mass is 10.2. The van der Waals surface area contributed by atoms with Crippen molar-refractivity contribution in [2.24, 2.45) is 0 Å². The average molecular weight is 456 g/mol. The van der Waals surface area contributed by atoms with Gasteiger partial charge in [-0.25, -0.2) is 4.98 Å². The number of aryl methyl sites for hydroxylation is 1. The van der Waals surface area contributed by atoms with Crippen LogP contribution in [0.25, 0.3) is 0 Å². The summed E-state index contributed by atoms with van der Waals surface area (Å²) in [4.78, 5) is 19.1. The van der Waals surface area contributed by atoms with E-state index in [4.69, 9.17) is 5.73 Å². The van der Waals surface area contributed by atoms with Crippen LogP contribution in [-0.2, 0) is 13.0 Å². The number of nitrogens with zero attached hydrogens (tertiary/aromatic N) is 2. The monoisotopic (exact) mass is 453 g/mol. The van der Waals surface area contributed by atoms with Crippen LogP contribution in [0.2, 0.25) is 0 Å². The maximum atomic E-state index is 12.2. The summed E-state index contributed by atoms with van der Waals surface area (Å²) in [6.07, 6.45) is 3.34. The number of aromatic nitrogens is 3. The highest BCUT2D eigenvalue weighted by atomic mass is 79.9. The second kappa shape index (κ2) is 8.59. The number of carbonyl (C=O) groups excluding carboxylic acids is 1. The van der Waals surface area contributed by atoms with Crippen LogP contribution in [0.5, 0.6) is 0 Å². The minimum absolute atomic E-state index is 0. The van der Waals surface area contributed by atoms with E-state index in [1.54, 1.807) is 6.20 Å². The van der Waals surface area contributed by atoms with Gasteiger partial charge in [0.05, 0.1) is 15.3 Å². The zero-order valence-electron chi connectivity index (χ0n) is 12.0. The van der Waals surface area contributed by atoms with Crippen LogP contribution in [0.1, 0.15) is 29.5 Å². The highest BCUT2D eigenvalue weighted by molar-refractivity contribution is 9.13. The number of hydrogen-bond acceptors (Lipinski definition) is 3.